The van der Waals surface area contributed by atoms with Crippen LogP contribution in [0.4, 0.5) is 0 Å². The predicted octanol–water partition coefficient (Wildman–Crippen LogP) is 6.72. The van der Waals surface area contributed by atoms with Crippen molar-refractivity contribution >= 4 is 21.8 Å². The van der Waals surface area contributed by atoms with Crippen molar-refractivity contribution in [2.75, 3.05) is 6.61 Å². The molecule has 4 aromatic carbocycles. The molecule has 4 nitrogen and oxygen atoms in total. The molecule has 1 heterocycles. The third-order valence-electron chi connectivity index (χ3n) is 5.67. The van der Waals surface area contributed by atoms with Crippen molar-refractivity contribution in [3.05, 3.63) is 102 Å². The van der Waals surface area contributed by atoms with Gasteiger partial charge >= 0.3 is 0 Å². The second-order valence-corrected chi connectivity index (χ2v) is 8.01. The molecule has 1 atom stereocenters. The van der Waals surface area contributed by atoms with E-state index >= 15 is 0 Å². The lowest BCUT2D eigenvalue weighted by Crippen LogP contribution is -2.15. The van der Waals surface area contributed by atoms with Gasteiger partial charge in [0, 0.05) is 5.39 Å². The van der Waals surface area contributed by atoms with Crippen LogP contribution in [0.25, 0.3) is 21.8 Å². The molecule has 0 saturated carbocycles. The summed E-state index contributed by atoms with van der Waals surface area (Å²) in [6, 6.07) is 30.8. The van der Waals surface area contributed by atoms with Crippen molar-refractivity contribution in [2.45, 2.75) is 26.5 Å². The molecular formula is C28H26N2O2. The summed E-state index contributed by atoms with van der Waals surface area (Å²) in [6.07, 6.45) is -0.193. The highest BCUT2D eigenvalue weighted by atomic mass is 16.5. The zero-order chi connectivity index (χ0) is 21.9. The summed E-state index contributed by atoms with van der Waals surface area (Å²) in [6.45, 7) is 5.34. The molecule has 160 valence electrons. The van der Waals surface area contributed by atoms with E-state index in [0.717, 1.165) is 33.7 Å². The topological polar surface area (TPSA) is 36.3 Å². The highest BCUT2D eigenvalue weighted by molar-refractivity contribution is 5.88. The molecule has 0 aliphatic rings. The molecular weight excluding hydrogens is 396 g/mol. The van der Waals surface area contributed by atoms with Crippen molar-refractivity contribution in [3.8, 4) is 11.5 Å². The van der Waals surface area contributed by atoms with E-state index in [4.69, 9.17) is 14.5 Å². The second kappa shape index (κ2) is 8.75. The molecule has 0 fully saturated rings. The minimum atomic E-state index is -0.193. The van der Waals surface area contributed by atoms with Crippen LogP contribution in [-0.4, -0.2) is 16.2 Å². The zero-order valence-corrected chi connectivity index (χ0v) is 18.4. The Labute approximate surface area is 188 Å². The number of nitrogens with zero attached hydrogens (tertiary/aromatic N) is 2. The van der Waals surface area contributed by atoms with Gasteiger partial charge in [0.15, 0.2) is 11.9 Å². The predicted molar refractivity (Wildman–Crippen MR) is 129 cm³/mol. The van der Waals surface area contributed by atoms with Crippen LogP contribution in [0.2, 0.25) is 0 Å². The molecule has 5 aromatic rings. The largest absolute Gasteiger partial charge is 0.491 e. The van der Waals surface area contributed by atoms with Crippen LogP contribution in [-0.2, 0) is 6.54 Å². The standard InChI is InChI=1S/C28H26N2O2/c1-20-9-7-12-23(19-20)32-21(2)28-29-25-14-5-6-15-26(25)30(28)17-18-31-27-16-8-11-22-10-3-4-13-24(22)27/h3-16,19,21H,17-18H2,1-2H3. The zero-order valence-electron chi connectivity index (χ0n) is 18.4. The highest BCUT2D eigenvalue weighted by Gasteiger charge is 2.18. The maximum absolute atomic E-state index is 6.25. The summed E-state index contributed by atoms with van der Waals surface area (Å²) in [5.74, 6) is 2.65. The van der Waals surface area contributed by atoms with Gasteiger partial charge in [-0.3, -0.25) is 0 Å². The Morgan fingerprint density at radius 2 is 1.66 bits per heavy atom. The molecule has 0 bridgehead atoms. The van der Waals surface area contributed by atoms with Gasteiger partial charge in [-0.15, -0.1) is 0 Å². The fraction of sp³-hybridized carbons (Fsp3) is 0.179. The Hall–Kier alpha value is -3.79. The summed E-state index contributed by atoms with van der Waals surface area (Å²) in [4.78, 5) is 4.89. The molecule has 0 aliphatic carbocycles. The smallest absolute Gasteiger partial charge is 0.153 e. The van der Waals surface area contributed by atoms with Crippen molar-refractivity contribution in [1.29, 1.82) is 0 Å². The van der Waals surface area contributed by atoms with Gasteiger partial charge in [0.2, 0.25) is 0 Å². The van der Waals surface area contributed by atoms with E-state index in [2.05, 4.69) is 41.8 Å². The Morgan fingerprint density at radius 1 is 0.875 bits per heavy atom. The van der Waals surface area contributed by atoms with Crippen LogP contribution in [0.1, 0.15) is 24.4 Å². The van der Waals surface area contributed by atoms with Crippen LogP contribution in [0.3, 0.4) is 0 Å². The number of aryl methyl sites for hydroxylation is 1. The lowest BCUT2D eigenvalue weighted by molar-refractivity contribution is 0.207. The number of para-hydroxylation sites is 2. The first-order valence-corrected chi connectivity index (χ1v) is 11.0. The first-order chi connectivity index (χ1) is 15.7. The van der Waals surface area contributed by atoms with E-state index in [1.165, 1.54) is 10.9 Å². The fourth-order valence-corrected chi connectivity index (χ4v) is 4.15. The van der Waals surface area contributed by atoms with E-state index in [1.54, 1.807) is 0 Å². The summed E-state index contributed by atoms with van der Waals surface area (Å²) >= 11 is 0. The van der Waals surface area contributed by atoms with Crippen molar-refractivity contribution in [2.24, 2.45) is 0 Å². The maximum Gasteiger partial charge on any atom is 0.153 e. The molecule has 0 radical (unpaired) electrons. The number of ether oxygens (including phenoxy) is 2. The third kappa shape index (κ3) is 4.04. The van der Waals surface area contributed by atoms with Crippen molar-refractivity contribution in [3.63, 3.8) is 0 Å². The lowest BCUT2D eigenvalue weighted by atomic mass is 10.1. The van der Waals surface area contributed by atoms with Gasteiger partial charge in [0.05, 0.1) is 17.6 Å². The monoisotopic (exact) mass is 422 g/mol. The Bertz CT molecular complexity index is 1370. The number of imidazole rings is 1. The number of benzene rings is 4. The highest BCUT2D eigenvalue weighted by Crippen LogP contribution is 2.27. The number of aromatic nitrogens is 2. The summed E-state index contributed by atoms with van der Waals surface area (Å²) < 4.78 is 14.7. The van der Waals surface area contributed by atoms with E-state index in [0.29, 0.717) is 13.2 Å². The summed E-state index contributed by atoms with van der Waals surface area (Å²) in [5.41, 5.74) is 3.22. The molecule has 1 aromatic heterocycles. The molecule has 4 heteroatoms. The van der Waals surface area contributed by atoms with Gasteiger partial charge in [-0.2, -0.15) is 0 Å². The number of hydrogen-bond acceptors (Lipinski definition) is 3. The lowest BCUT2D eigenvalue weighted by Gasteiger charge is -2.17. The number of hydrogen-bond donors (Lipinski definition) is 0. The Morgan fingerprint density at radius 3 is 2.56 bits per heavy atom. The second-order valence-electron chi connectivity index (χ2n) is 8.01. The normalized spacial score (nSPS) is 12.2. The van der Waals surface area contributed by atoms with Crippen LogP contribution < -0.4 is 9.47 Å². The molecule has 1 unspecified atom stereocenters. The average Bonchev–Trinajstić information content (AvgIpc) is 3.18. The molecule has 0 aliphatic heterocycles. The number of rotatable bonds is 7. The first kappa shape index (κ1) is 20.1. The van der Waals surface area contributed by atoms with E-state index in [1.807, 2.05) is 67.6 Å². The Balaban J connectivity index is 1.40. The van der Waals surface area contributed by atoms with Gasteiger partial charge in [-0.1, -0.05) is 60.7 Å². The molecule has 0 amide bonds. The molecule has 0 saturated heterocycles. The van der Waals surface area contributed by atoms with E-state index < -0.39 is 0 Å². The van der Waals surface area contributed by atoms with Gasteiger partial charge in [-0.05, 0) is 55.1 Å². The van der Waals surface area contributed by atoms with Crippen LogP contribution >= 0.6 is 0 Å². The fourth-order valence-electron chi connectivity index (χ4n) is 4.15. The van der Waals surface area contributed by atoms with Crippen LogP contribution in [0.5, 0.6) is 11.5 Å². The first-order valence-electron chi connectivity index (χ1n) is 11.0. The maximum atomic E-state index is 6.25. The van der Waals surface area contributed by atoms with Crippen LogP contribution in [0.15, 0.2) is 91.0 Å². The van der Waals surface area contributed by atoms with Gasteiger partial charge in [0.25, 0.3) is 0 Å². The van der Waals surface area contributed by atoms with Gasteiger partial charge < -0.3 is 14.0 Å². The number of fused-ring (bicyclic) bond motifs is 2. The molecule has 0 spiro atoms. The van der Waals surface area contributed by atoms with E-state index in [-0.39, 0.29) is 6.10 Å². The Kier molecular flexibility index (Phi) is 5.51. The summed E-state index contributed by atoms with van der Waals surface area (Å²) in [5, 5.41) is 2.31. The average molecular weight is 423 g/mol. The van der Waals surface area contributed by atoms with E-state index in [9.17, 15) is 0 Å². The molecule has 32 heavy (non-hydrogen) atoms. The van der Waals surface area contributed by atoms with Gasteiger partial charge in [-0.25, -0.2) is 4.98 Å². The van der Waals surface area contributed by atoms with Crippen molar-refractivity contribution in [1.82, 2.24) is 9.55 Å². The third-order valence-corrected chi connectivity index (χ3v) is 5.67. The molecule has 0 N–H and O–H groups in total. The molecule has 5 rings (SSSR count). The SMILES string of the molecule is Cc1cccc(OC(C)c2nc3ccccc3n2CCOc2cccc3ccccc23)c1. The van der Waals surface area contributed by atoms with Crippen LogP contribution in [0, 0.1) is 6.92 Å². The van der Waals surface area contributed by atoms with Gasteiger partial charge in [0.1, 0.15) is 18.1 Å². The quantitative estimate of drug-likeness (QED) is 0.292. The summed E-state index contributed by atoms with van der Waals surface area (Å²) in [7, 11) is 0. The minimum absolute atomic E-state index is 0.193. The minimum Gasteiger partial charge on any atom is -0.491 e. The van der Waals surface area contributed by atoms with Crippen molar-refractivity contribution < 1.29 is 9.47 Å².